The summed E-state index contributed by atoms with van der Waals surface area (Å²) < 4.78 is 3.81. The Morgan fingerprint density at radius 3 is 1.83 bits per heavy atom. The normalized spacial score (nSPS) is 11.3. The lowest BCUT2D eigenvalue weighted by Gasteiger charge is -2.11. The van der Waals surface area contributed by atoms with E-state index in [0.717, 1.165) is 44.7 Å². The highest BCUT2D eigenvalue weighted by molar-refractivity contribution is 5.89. The van der Waals surface area contributed by atoms with E-state index < -0.39 is 5.97 Å². The predicted octanol–water partition coefficient (Wildman–Crippen LogP) is 5.46. The molecule has 0 fully saturated rings. The van der Waals surface area contributed by atoms with Gasteiger partial charge < -0.3 is 5.11 Å². The second-order valence-electron chi connectivity index (χ2n) is 8.28. The molecule has 0 amide bonds. The van der Waals surface area contributed by atoms with Gasteiger partial charge in [0.25, 0.3) is 0 Å². The zero-order chi connectivity index (χ0) is 21.7. The number of rotatable bonds is 3. The van der Waals surface area contributed by atoms with Crippen LogP contribution in [0, 0.1) is 41.5 Å². The molecule has 0 saturated carbocycles. The maximum absolute atomic E-state index is 12.7. The SMILES string of the molecule is Cc1cc(C)c(-n2c(C(=O)O)[n+](-c3c(C)cc(C)cc3C)c3ccccc32)c(C)c1. The van der Waals surface area contributed by atoms with Crippen LogP contribution in [0.25, 0.3) is 22.4 Å². The zero-order valence-corrected chi connectivity index (χ0v) is 18.4. The van der Waals surface area contributed by atoms with Crippen molar-refractivity contribution in [2.45, 2.75) is 41.5 Å². The monoisotopic (exact) mass is 399 g/mol. The summed E-state index contributed by atoms with van der Waals surface area (Å²) in [7, 11) is 0. The van der Waals surface area contributed by atoms with Gasteiger partial charge in [-0.3, -0.25) is 0 Å². The summed E-state index contributed by atoms with van der Waals surface area (Å²) in [6.07, 6.45) is 0. The van der Waals surface area contributed by atoms with Crippen LogP contribution in [0.2, 0.25) is 0 Å². The molecule has 4 heteroatoms. The number of aromatic nitrogens is 2. The standard InChI is InChI=1S/C26H26N2O2/c1-15-11-17(3)23(18(4)12-15)27-21-9-7-8-10-22(21)28(25(27)26(29)30)24-19(5)13-16(2)14-20(24)6/h7-14H,1-6H3/p+1. The summed E-state index contributed by atoms with van der Waals surface area (Å²) in [6.45, 7) is 12.3. The summed E-state index contributed by atoms with van der Waals surface area (Å²) in [5.74, 6) is -0.716. The fourth-order valence-electron chi connectivity index (χ4n) is 4.86. The molecule has 1 N–H and O–H groups in total. The minimum atomic E-state index is -0.954. The molecule has 0 unspecified atom stereocenters. The van der Waals surface area contributed by atoms with Gasteiger partial charge in [-0.1, -0.05) is 47.5 Å². The Kier molecular flexibility index (Phi) is 4.73. The third-order valence-electron chi connectivity index (χ3n) is 5.70. The van der Waals surface area contributed by atoms with Gasteiger partial charge in [0.05, 0.1) is 0 Å². The number of hydrogen-bond donors (Lipinski definition) is 1. The highest BCUT2D eigenvalue weighted by Gasteiger charge is 2.35. The number of para-hydroxylation sites is 2. The van der Waals surface area contributed by atoms with Crippen LogP contribution in [0.1, 0.15) is 44.0 Å². The number of hydrogen-bond acceptors (Lipinski definition) is 1. The largest absolute Gasteiger partial charge is 0.472 e. The van der Waals surface area contributed by atoms with Crippen LogP contribution in [0.3, 0.4) is 0 Å². The number of imidazole rings is 1. The van der Waals surface area contributed by atoms with Crippen molar-refractivity contribution in [1.29, 1.82) is 0 Å². The maximum atomic E-state index is 12.7. The summed E-state index contributed by atoms with van der Waals surface area (Å²) in [4.78, 5) is 12.7. The van der Waals surface area contributed by atoms with Crippen LogP contribution in [-0.2, 0) is 0 Å². The maximum Gasteiger partial charge on any atom is 0.420 e. The fourth-order valence-corrected chi connectivity index (χ4v) is 4.86. The molecule has 30 heavy (non-hydrogen) atoms. The molecule has 4 nitrogen and oxygen atoms in total. The fraction of sp³-hybridized carbons (Fsp3) is 0.231. The number of nitrogens with zero attached hydrogens (tertiary/aromatic N) is 2. The van der Waals surface area contributed by atoms with Crippen LogP contribution in [0.5, 0.6) is 0 Å². The van der Waals surface area contributed by atoms with Crippen molar-refractivity contribution in [2.24, 2.45) is 0 Å². The lowest BCUT2D eigenvalue weighted by molar-refractivity contribution is -0.572. The molecule has 3 aromatic carbocycles. The van der Waals surface area contributed by atoms with Crippen LogP contribution >= 0.6 is 0 Å². The van der Waals surface area contributed by atoms with Crippen molar-refractivity contribution in [3.63, 3.8) is 0 Å². The highest BCUT2D eigenvalue weighted by atomic mass is 16.4. The first-order valence-electron chi connectivity index (χ1n) is 10.2. The smallest absolute Gasteiger partial charge is 0.420 e. The van der Waals surface area contributed by atoms with Gasteiger partial charge in [-0.25, -0.2) is 4.79 Å². The Morgan fingerprint density at radius 1 is 0.800 bits per heavy atom. The van der Waals surface area contributed by atoms with E-state index in [2.05, 4.69) is 38.1 Å². The molecule has 0 aliphatic rings. The predicted molar refractivity (Wildman–Crippen MR) is 120 cm³/mol. The minimum Gasteiger partial charge on any atom is -0.472 e. The van der Waals surface area contributed by atoms with E-state index in [9.17, 15) is 9.90 Å². The number of carboxylic acids is 1. The first-order valence-corrected chi connectivity index (χ1v) is 10.2. The molecule has 0 aliphatic heterocycles. The van der Waals surface area contributed by atoms with E-state index in [0.29, 0.717) is 0 Å². The lowest BCUT2D eigenvalue weighted by atomic mass is 10.0. The summed E-state index contributed by atoms with van der Waals surface area (Å²) >= 11 is 0. The first-order chi connectivity index (χ1) is 14.2. The van der Waals surface area contributed by atoms with Crippen LogP contribution in [0.4, 0.5) is 0 Å². The van der Waals surface area contributed by atoms with Gasteiger partial charge in [-0.05, 0) is 75.9 Å². The Bertz CT molecular complexity index is 1190. The average molecular weight is 400 g/mol. The number of aryl methyl sites for hydroxylation is 6. The van der Waals surface area contributed by atoms with E-state index in [1.54, 1.807) is 0 Å². The Hall–Kier alpha value is -3.40. The second-order valence-corrected chi connectivity index (χ2v) is 8.28. The first kappa shape index (κ1) is 19.9. The molecule has 1 aromatic heterocycles. The molecule has 0 spiro atoms. The van der Waals surface area contributed by atoms with Gasteiger partial charge in [0.15, 0.2) is 11.0 Å². The van der Waals surface area contributed by atoms with Crippen molar-refractivity contribution >= 4 is 17.0 Å². The van der Waals surface area contributed by atoms with Gasteiger partial charge in [-0.2, -0.15) is 9.13 Å². The molecule has 0 aliphatic carbocycles. The molecule has 0 bridgehead atoms. The summed E-state index contributed by atoms with van der Waals surface area (Å²) in [5, 5.41) is 10.4. The van der Waals surface area contributed by atoms with Gasteiger partial charge in [0.1, 0.15) is 11.4 Å². The molecule has 152 valence electrons. The molecular weight excluding hydrogens is 372 g/mol. The van der Waals surface area contributed by atoms with Crippen molar-refractivity contribution in [3.8, 4) is 11.4 Å². The number of carboxylic acid groups (broad SMARTS) is 1. The van der Waals surface area contributed by atoms with Crippen LogP contribution < -0.4 is 4.57 Å². The van der Waals surface area contributed by atoms with E-state index in [1.807, 2.05) is 61.1 Å². The van der Waals surface area contributed by atoms with Crippen LogP contribution in [-0.4, -0.2) is 15.6 Å². The van der Waals surface area contributed by atoms with Crippen molar-refractivity contribution < 1.29 is 14.5 Å². The molecular formula is C26H27N2O2+. The number of benzene rings is 3. The number of fused-ring (bicyclic) bond motifs is 1. The van der Waals surface area contributed by atoms with E-state index in [1.165, 1.54) is 11.1 Å². The minimum absolute atomic E-state index is 0.237. The van der Waals surface area contributed by atoms with Crippen molar-refractivity contribution in [3.05, 3.63) is 87.7 Å². The quantitative estimate of drug-likeness (QED) is 0.465. The molecule has 4 aromatic rings. The average Bonchev–Trinajstić information content (AvgIpc) is 2.95. The molecule has 1 heterocycles. The molecule has 0 radical (unpaired) electrons. The van der Waals surface area contributed by atoms with Gasteiger partial charge in [0, 0.05) is 0 Å². The number of carbonyl (C=O) groups is 1. The zero-order valence-electron chi connectivity index (χ0n) is 18.4. The second kappa shape index (κ2) is 7.13. The van der Waals surface area contributed by atoms with Gasteiger partial charge in [-0.15, -0.1) is 0 Å². The van der Waals surface area contributed by atoms with Crippen LogP contribution in [0.15, 0.2) is 48.5 Å². The third-order valence-corrected chi connectivity index (χ3v) is 5.70. The van der Waals surface area contributed by atoms with Gasteiger partial charge >= 0.3 is 11.8 Å². The molecule has 4 rings (SSSR count). The Morgan fingerprint density at radius 2 is 1.30 bits per heavy atom. The highest BCUT2D eigenvalue weighted by Crippen LogP contribution is 2.29. The lowest BCUT2D eigenvalue weighted by Crippen LogP contribution is -2.39. The Labute approximate surface area is 177 Å². The Balaban J connectivity index is 2.24. The summed E-state index contributed by atoms with van der Waals surface area (Å²) in [6, 6.07) is 16.3. The molecule has 0 atom stereocenters. The molecule has 0 saturated heterocycles. The number of aromatic carboxylic acids is 1. The van der Waals surface area contributed by atoms with Crippen molar-refractivity contribution in [1.82, 2.24) is 4.57 Å². The van der Waals surface area contributed by atoms with E-state index in [4.69, 9.17) is 0 Å². The summed E-state index contributed by atoms with van der Waals surface area (Å²) in [5.41, 5.74) is 10.2. The third kappa shape index (κ3) is 3.00. The van der Waals surface area contributed by atoms with E-state index >= 15 is 0 Å². The van der Waals surface area contributed by atoms with Crippen molar-refractivity contribution in [2.75, 3.05) is 0 Å². The van der Waals surface area contributed by atoms with E-state index in [-0.39, 0.29) is 5.82 Å². The topological polar surface area (TPSA) is 46.1 Å². The van der Waals surface area contributed by atoms with Gasteiger partial charge in [0.2, 0.25) is 0 Å².